The quantitative estimate of drug-likeness (QED) is 0.147. The van der Waals surface area contributed by atoms with Crippen LogP contribution in [0, 0.1) is 0 Å². The molecule has 2 aromatic carbocycles. The van der Waals surface area contributed by atoms with Crippen LogP contribution >= 0.6 is 22.7 Å². The second-order valence-corrected chi connectivity index (χ2v) is 16.5. The van der Waals surface area contributed by atoms with Crippen LogP contribution in [-0.2, 0) is 32.9 Å². The summed E-state index contributed by atoms with van der Waals surface area (Å²) in [5, 5.41) is 0. The van der Waals surface area contributed by atoms with Crippen molar-refractivity contribution < 1.29 is 16.8 Å². The molecule has 6 aromatic rings. The number of hydrogen-bond acceptors (Lipinski definition) is 6. The Morgan fingerprint density at radius 1 is 0.500 bits per heavy atom. The van der Waals surface area contributed by atoms with Gasteiger partial charge in [-0.25, -0.2) is 7.94 Å². The molecule has 0 aliphatic heterocycles. The molecule has 0 atom stereocenters. The Bertz CT molecular complexity index is 1840. The van der Waals surface area contributed by atoms with Gasteiger partial charge in [-0.15, -0.1) is 22.7 Å². The summed E-state index contributed by atoms with van der Waals surface area (Å²) in [7, 11) is -6.93. The van der Waals surface area contributed by atoms with Crippen molar-refractivity contribution in [1.29, 1.82) is 0 Å². The maximum Gasteiger partial charge on any atom is 0.277 e. The van der Waals surface area contributed by atoms with Gasteiger partial charge in [0.2, 0.25) is 0 Å². The van der Waals surface area contributed by atoms with Gasteiger partial charge in [-0.1, -0.05) is 75.2 Å². The molecule has 0 saturated carbocycles. The van der Waals surface area contributed by atoms with Crippen LogP contribution in [0.1, 0.15) is 37.8 Å². The van der Waals surface area contributed by atoms with Crippen molar-refractivity contribution in [2.45, 2.75) is 47.9 Å². The van der Waals surface area contributed by atoms with Crippen molar-refractivity contribution in [3.63, 3.8) is 0 Å². The summed E-state index contributed by atoms with van der Waals surface area (Å²) in [6.45, 7) is 4.32. The third-order valence-electron chi connectivity index (χ3n) is 6.93. The van der Waals surface area contributed by atoms with E-state index in [0.29, 0.717) is 8.42 Å². The minimum Gasteiger partial charge on any atom is -0.248 e. The third-order valence-corrected chi connectivity index (χ3v) is 13.4. The van der Waals surface area contributed by atoms with Gasteiger partial charge in [-0.2, -0.15) is 16.8 Å². The van der Waals surface area contributed by atoms with Crippen LogP contribution in [0.4, 0.5) is 0 Å². The van der Waals surface area contributed by atoms with Crippen LogP contribution in [0.3, 0.4) is 0 Å². The second kappa shape index (κ2) is 13.9. The Balaban J connectivity index is 0.000000175. The highest BCUT2D eigenvalue weighted by Crippen LogP contribution is 2.33. The molecule has 4 aromatic heterocycles. The highest BCUT2D eigenvalue weighted by molar-refractivity contribution is 7.92. The average Bonchev–Trinajstić information content (AvgIpc) is 3.85. The number of aromatic nitrogens is 2. The predicted molar refractivity (Wildman–Crippen MR) is 182 cm³/mol. The number of hydrogen-bond donors (Lipinski definition) is 0. The van der Waals surface area contributed by atoms with Gasteiger partial charge in [0.1, 0.15) is 8.42 Å². The molecular weight excluding hydrogens is 629 g/mol. The molecule has 10 heteroatoms. The summed E-state index contributed by atoms with van der Waals surface area (Å²) in [5.41, 5.74) is 4.73. The summed E-state index contributed by atoms with van der Waals surface area (Å²) < 4.78 is 53.0. The molecule has 0 aliphatic rings. The molecule has 0 fully saturated rings. The lowest BCUT2D eigenvalue weighted by Crippen LogP contribution is -2.08. The van der Waals surface area contributed by atoms with E-state index in [1.165, 1.54) is 41.7 Å². The van der Waals surface area contributed by atoms with Crippen LogP contribution in [-0.4, -0.2) is 24.8 Å². The lowest BCUT2D eigenvalue weighted by molar-refractivity contribution is 0.588. The number of nitrogens with zero attached hydrogens (tertiary/aromatic N) is 2. The second-order valence-electron chi connectivity index (χ2n) is 10.2. The molecule has 6 nitrogen and oxygen atoms in total. The predicted octanol–water partition coefficient (Wildman–Crippen LogP) is 8.81. The molecule has 0 bridgehead atoms. The van der Waals surface area contributed by atoms with Crippen LogP contribution in [0.15, 0.2) is 130 Å². The Labute approximate surface area is 268 Å². The van der Waals surface area contributed by atoms with E-state index in [4.69, 9.17) is 0 Å². The van der Waals surface area contributed by atoms with Gasteiger partial charge < -0.3 is 0 Å². The maximum atomic E-state index is 12.5. The Morgan fingerprint density at radius 2 is 0.841 bits per heavy atom. The van der Waals surface area contributed by atoms with Gasteiger partial charge in [0, 0.05) is 34.5 Å². The van der Waals surface area contributed by atoms with E-state index in [2.05, 4.69) is 62.4 Å². The Morgan fingerprint density at radius 3 is 1.16 bits per heavy atom. The molecule has 6 rings (SSSR count). The molecular formula is C34H34N2O4S4. The van der Waals surface area contributed by atoms with E-state index in [0.717, 1.165) is 46.6 Å². The largest absolute Gasteiger partial charge is 0.277 e. The van der Waals surface area contributed by atoms with Crippen molar-refractivity contribution in [3.05, 3.63) is 133 Å². The number of aryl methyl sites for hydroxylation is 2. The van der Waals surface area contributed by atoms with E-state index in [9.17, 15) is 16.8 Å². The SMILES string of the molecule is CCCc1ccc(-c2ccc(S(=O)(=O)n3cccc3)s2)cc1.CCCc1ccc(-c2ccc(S(=O)(=O)n3cccc3)s2)cc1. The molecule has 0 saturated heterocycles. The molecule has 44 heavy (non-hydrogen) atoms. The topological polar surface area (TPSA) is 78.1 Å². The molecule has 0 amide bonds. The fourth-order valence-electron chi connectivity index (χ4n) is 4.64. The van der Waals surface area contributed by atoms with Crippen LogP contribution in [0.5, 0.6) is 0 Å². The van der Waals surface area contributed by atoms with E-state index in [-0.39, 0.29) is 0 Å². The Kier molecular flexibility index (Phi) is 10.1. The number of benzene rings is 2. The number of thiophene rings is 2. The van der Waals surface area contributed by atoms with Crippen molar-refractivity contribution in [2.75, 3.05) is 0 Å². The first kappa shape index (κ1) is 31.7. The molecule has 0 N–H and O–H groups in total. The fourth-order valence-corrected chi connectivity index (χ4v) is 9.84. The van der Waals surface area contributed by atoms with Crippen LogP contribution in [0.25, 0.3) is 20.9 Å². The Hall–Kier alpha value is -3.70. The van der Waals surface area contributed by atoms with Gasteiger partial charge in [0.25, 0.3) is 20.0 Å². The average molecular weight is 663 g/mol. The van der Waals surface area contributed by atoms with E-state index in [1.54, 1.807) is 61.2 Å². The van der Waals surface area contributed by atoms with E-state index >= 15 is 0 Å². The first-order valence-electron chi connectivity index (χ1n) is 14.4. The minimum atomic E-state index is -3.46. The van der Waals surface area contributed by atoms with Crippen molar-refractivity contribution in [2.24, 2.45) is 0 Å². The van der Waals surface area contributed by atoms with Gasteiger partial charge in [-0.05, 0) is 83.6 Å². The van der Waals surface area contributed by atoms with E-state index < -0.39 is 20.0 Å². The molecule has 0 aliphatic carbocycles. The van der Waals surface area contributed by atoms with Crippen LogP contribution < -0.4 is 0 Å². The lowest BCUT2D eigenvalue weighted by atomic mass is 10.1. The fraction of sp³-hybridized carbons (Fsp3) is 0.176. The molecule has 0 spiro atoms. The highest BCUT2D eigenvalue weighted by Gasteiger charge is 2.20. The first-order valence-corrected chi connectivity index (χ1v) is 18.9. The van der Waals surface area contributed by atoms with Crippen molar-refractivity contribution >= 4 is 42.7 Å². The summed E-state index contributed by atoms with van der Waals surface area (Å²) in [5.74, 6) is 0. The number of rotatable bonds is 10. The van der Waals surface area contributed by atoms with Gasteiger partial charge in [0.15, 0.2) is 0 Å². The normalized spacial score (nSPS) is 11.7. The molecule has 0 radical (unpaired) electrons. The smallest absolute Gasteiger partial charge is 0.248 e. The lowest BCUT2D eigenvalue weighted by Gasteiger charge is -2.03. The van der Waals surface area contributed by atoms with Gasteiger partial charge in [-0.3, -0.25) is 0 Å². The molecule has 0 unspecified atom stereocenters. The van der Waals surface area contributed by atoms with E-state index in [1.807, 2.05) is 12.1 Å². The maximum absolute atomic E-state index is 12.5. The highest BCUT2D eigenvalue weighted by atomic mass is 32.3. The summed E-state index contributed by atoms with van der Waals surface area (Å²) in [6, 6.07) is 30.6. The summed E-state index contributed by atoms with van der Waals surface area (Å²) in [6.07, 6.45) is 10.6. The zero-order valence-corrected chi connectivity index (χ0v) is 27.8. The zero-order chi connectivity index (χ0) is 31.2. The van der Waals surface area contributed by atoms with Crippen LogP contribution in [0.2, 0.25) is 0 Å². The van der Waals surface area contributed by atoms with Crippen molar-refractivity contribution in [3.8, 4) is 20.9 Å². The summed E-state index contributed by atoms with van der Waals surface area (Å²) in [4.78, 5) is 1.93. The monoisotopic (exact) mass is 662 g/mol. The third kappa shape index (κ3) is 7.15. The first-order chi connectivity index (χ1) is 21.2. The molecule has 228 valence electrons. The molecule has 4 heterocycles. The van der Waals surface area contributed by atoms with Gasteiger partial charge >= 0.3 is 0 Å². The van der Waals surface area contributed by atoms with Crippen molar-refractivity contribution in [1.82, 2.24) is 7.94 Å². The van der Waals surface area contributed by atoms with Gasteiger partial charge in [0.05, 0.1) is 0 Å². The zero-order valence-electron chi connectivity index (χ0n) is 24.5. The summed E-state index contributed by atoms with van der Waals surface area (Å²) >= 11 is 2.60. The minimum absolute atomic E-state index is 0.358. The standard InChI is InChI=1S/2C17H17NO2S2/c2*1-2-5-14-6-8-15(9-7-14)16-10-11-17(21-16)22(19,20)18-12-3-4-13-18/h2*3-4,6-13H,2,5H2,1H3.